The van der Waals surface area contributed by atoms with Gasteiger partial charge in [-0.25, -0.2) is 4.68 Å². The van der Waals surface area contributed by atoms with Crippen LogP contribution >= 0.6 is 15.9 Å². The van der Waals surface area contributed by atoms with E-state index in [4.69, 9.17) is 0 Å². The molecule has 72 valence electrons. The van der Waals surface area contributed by atoms with Gasteiger partial charge in [0.1, 0.15) is 5.69 Å². The summed E-state index contributed by atoms with van der Waals surface area (Å²) in [5.41, 5.74) is 2.17. The van der Waals surface area contributed by atoms with E-state index in [1.807, 2.05) is 29.8 Å². The molecule has 0 spiro atoms. The summed E-state index contributed by atoms with van der Waals surface area (Å²) in [4.78, 5) is 0. The van der Waals surface area contributed by atoms with Gasteiger partial charge < -0.3 is 0 Å². The Morgan fingerprint density at radius 2 is 2.00 bits per heavy atom. The van der Waals surface area contributed by atoms with Crippen molar-refractivity contribution in [1.82, 2.24) is 15.0 Å². The maximum absolute atomic E-state index is 4.03. The van der Waals surface area contributed by atoms with Crippen LogP contribution in [0.5, 0.6) is 0 Å². The van der Waals surface area contributed by atoms with Crippen LogP contribution in [-0.2, 0) is 6.54 Å². The molecule has 0 unspecified atom stereocenters. The van der Waals surface area contributed by atoms with E-state index in [1.165, 1.54) is 0 Å². The molecule has 4 heteroatoms. The molecule has 1 heterocycles. The fraction of sp³-hybridized carbons (Fsp3) is 0.200. The second-order valence-electron chi connectivity index (χ2n) is 2.91. The number of halogens is 1. The zero-order valence-electron chi connectivity index (χ0n) is 7.81. The van der Waals surface area contributed by atoms with Gasteiger partial charge in [-0.2, -0.15) is 0 Å². The molecule has 0 fully saturated rings. The Labute approximate surface area is 90.9 Å². The Morgan fingerprint density at radius 1 is 1.29 bits per heavy atom. The number of nitrogens with zero attached hydrogens (tertiary/aromatic N) is 3. The molecule has 2 aromatic rings. The molecule has 0 aliphatic carbocycles. The summed E-state index contributed by atoms with van der Waals surface area (Å²) >= 11 is 3.40. The molecular weight excluding hydrogens is 242 g/mol. The van der Waals surface area contributed by atoms with Crippen molar-refractivity contribution in [2.75, 3.05) is 0 Å². The minimum Gasteiger partial charge on any atom is -0.244 e. The summed E-state index contributed by atoms with van der Waals surface area (Å²) in [5.74, 6) is 0. The second-order valence-corrected chi connectivity index (χ2v) is 3.66. The summed E-state index contributed by atoms with van der Waals surface area (Å²) in [7, 11) is 0. The van der Waals surface area contributed by atoms with Gasteiger partial charge in [-0.05, 0) is 22.9 Å². The first-order valence-corrected chi connectivity index (χ1v) is 5.26. The third kappa shape index (κ3) is 1.57. The lowest BCUT2D eigenvalue weighted by molar-refractivity contribution is 0.632. The van der Waals surface area contributed by atoms with Crippen LogP contribution < -0.4 is 0 Å². The molecule has 1 aromatic carbocycles. The molecular formula is C10H10BrN3. The van der Waals surface area contributed by atoms with E-state index in [1.54, 1.807) is 0 Å². The highest BCUT2D eigenvalue weighted by molar-refractivity contribution is 9.10. The van der Waals surface area contributed by atoms with Gasteiger partial charge in [0.05, 0.1) is 0 Å². The zero-order chi connectivity index (χ0) is 9.97. The Balaban J connectivity index is 2.55. The molecule has 0 bridgehead atoms. The first-order chi connectivity index (χ1) is 6.83. The number of aryl methyl sites for hydroxylation is 1. The van der Waals surface area contributed by atoms with Crippen molar-refractivity contribution in [1.29, 1.82) is 0 Å². The first kappa shape index (κ1) is 9.40. The largest absolute Gasteiger partial charge is 0.244 e. The molecule has 0 radical (unpaired) electrons. The van der Waals surface area contributed by atoms with Gasteiger partial charge in [0.25, 0.3) is 0 Å². The smallest absolute Gasteiger partial charge is 0.156 e. The van der Waals surface area contributed by atoms with Crippen LogP contribution in [-0.4, -0.2) is 15.0 Å². The lowest BCUT2D eigenvalue weighted by Crippen LogP contribution is -1.99. The second kappa shape index (κ2) is 3.92. The summed E-state index contributed by atoms with van der Waals surface area (Å²) in [5, 5.41) is 8.02. The average Bonchev–Trinajstić information content (AvgIpc) is 2.61. The van der Waals surface area contributed by atoms with E-state index in [0.29, 0.717) is 0 Å². The number of aromatic nitrogens is 3. The van der Waals surface area contributed by atoms with Crippen LogP contribution in [0.1, 0.15) is 6.92 Å². The molecule has 0 aliphatic heterocycles. The molecule has 0 amide bonds. The van der Waals surface area contributed by atoms with Crippen LogP contribution in [0.25, 0.3) is 11.3 Å². The van der Waals surface area contributed by atoms with E-state index >= 15 is 0 Å². The molecule has 1 aromatic heterocycles. The molecule has 0 atom stereocenters. The van der Waals surface area contributed by atoms with Gasteiger partial charge in [-0.15, -0.1) is 5.10 Å². The fourth-order valence-corrected chi connectivity index (χ4v) is 1.88. The standard InChI is InChI=1S/C10H10BrN3/c1-2-14-9(10(11)12-13-14)8-6-4-3-5-7-8/h3-7H,2H2,1H3. The number of rotatable bonds is 2. The van der Waals surface area contributed by atoms with Crippen molar-refractivity contribution in [2.24, 2.45) is 0 Å². The predicted molar refractivity (Wildman–Crippen MR) is 58.8 cm³/mol. The van der Waals surface area contributed by atoms with Crippen molar-refractivity contribution in [3.63, 3.8) is 0 Å². The van der Waals surface area contributed by atoms with Crippen LogP contribution in [0.4, 0.5) is 0 Å². The average molecular weight is 252 g/mol. The predicted octanol–water partition coefficient (Wildman–Crippen LogP) is 2.73. The van der Waals surface area contributed by atoms with Crippen molar-refractivity contribution in [3.8, 4) is 11.3 Å². The lowest BCUT2D eigenvalue weighted by atomic mass is 10.2. The van der Waals surface area contributed by atoms with Crippen LogP contribution in [0.15, 0.2) is 34.9 Å². The molecule has 0 saturated carbocycles. The van der Waals surface area contributed by atoms with Crippen LogP contribution in [0.2, 0.25) is 0 Å². The molecule has 0 N–H and O–H groups in total. The zero-order valence-corrected chi connectivity index (χ0v) is 9.40. The van der Waals surface area contributed by atoms with Gasteiger partial charge in [0, 0.05) is 12.1 Å². The molecule has 2 rings (SSSR count). The van der Waals surface area contributed by atoms with Crippen molar-refractivity contribution in [3.05, 3.63) is 34.9 Å². The van der Waals surface area contributed by atoms with Gasteiger partial charge in [-0.1, -0.05) is 35.5 Å². The Bertz CT molecular complexity index is 422. The molecule has 0 saturated heterocycles. The van der Waals surface area contributed by atoms with Gasteiger partial charge in [0.2, 0.25) is 0 Å². The van der Waals surface area contributed by atoms with E-state index in [0.717, 1.165) is 22.4 Å². The van der Waals surface area contributed by atoms with Gasteiger partial charge in [-0.3, -0.25) is 0 Å². The minimum atomic E-state index is 0.797. The molecule has 3 nitrogen and oxygen atoms in total. The third-order valence-electron chi connectivity index (χ3n) is 2.04. The Morgan fingerprint density at radius 3 is 2.64 bits per heavy atom. The monoisotopic (exact) mass is 251 g/mol. The summed E-state index contributed by atoms with van der Waals surface area (Å²) in [6.07, 6.45) is 0. The first-order valence-electron chi connectivity index (χ1n) is 4.47. The SMILES string of the molecule is CCn1nnc(Br)c1-c1ccccc1. The van der Waals surface area contributed by atoms with Crippen LogP contribution in [0, 0.1) is 0 Å². The van der Waals surface area contributed by atoms with Gasteiger partial charge in [0.15, 0.2) is 4.60 Å². The maximum atomic E-state index is 4.03. The lowest BCUT2D eigenvalue weighted by Gasteiger charge is -2.02. The molecule has 14 heavy (non-hydrogen) atoms. The quantitative estimate of drug-likeness (QED) is 0.822. The Kier molecular flexibility index (Phi) is 2.63. The van der Waals surface area contributed by atoms with Crippen molar-refractivity contribution >= 4 is 15.9 Å². The summed E-state index contributed by atoms with van der Waals surface area (Å²) in [6.45, 7) is 2.87. The van der Waals surface area contributed by atoms with Crippen LogP contribution in [0.3, 0.4) is 0 Å². The van der Waals surface area contributed by atoms with E-state index in [2.05, 4.69) is 38.4 Å². The summed E-state index contributed by atoms with van der Waals surface area (Å²) in [6, 6.07) is 10.1. The number of hydrogen-bond acceptors (Lipinski definition) is 2. The minimum absolute atomic E-state index is 0.797. The number of benzene rings is 1. The van der Waals surface area contributed by atoms with E-state index in [9.17, 15) is 0 Å². The molecule has 0 aliphatic rings. The normalized spacial score (nSPS) is 10.4. The highest BCUT2D eigenvalue weighted by Crippen LogP contribution is 2.25. The topological polar surface area (TPSA) is 30.7 Å². The van der Waals surface area contributed by atoms with E-state index < -0.39 is 0 Å². The Hall–Kier alpha value is -1.16. The van der Waals surface area contributed by atoms with Crippen molar-refractivity contribution < 1.29 is 0 Å². The maximum Gasteiger partial charge on any atom is 0.156 e. The number of hydrogen-bond donors (Lipinski definition) is 0. The summed E-state index contributed by atoms with van der Waals surface area (Å²) < 4.78 is 2.67. The third-order valence-corrected chi connectivity index (χ3v) is 2.57. The fourth-order valence-electron chi connectivity index (χ4n) is 1.38. The van der Waals surface area contributed by atoms with Gasteiger partial charge >= 0.3 is 0 Å². The van der Waals surface area contributed by atoms with E-state index in [-0.39, 0.29) is 0 Å². The van der Waals surface area contributed by atoms with Crippen molar-refractivity contribution in [2.45, 2.75) is 13.5 Å². The highest BCUT2D eigenvalue weighted by Gasteiger charge is 2.10. The highest BCUT2D eigenvalue weighted by atomic mass is 79.9.